The molecule has 0 aromatic carbocycles. The summed E-state index contributed by atoms with van der Waals surface area (Å²) in [6.07, 6.45) is 3.75. The Kier molecular flexibility index (Phi) is 5.99. The zero-order chi connectivity index (χ0) is 24.9. The second kappa shape index (κ2) is 8.86. The number of ether oxygens (including phenoxy) is 1. The summed E-state index contributed by atoms with van der Waals surface area (Å²) in [7, 11) is 1.48. The number of nitrogens with zero attached hydrogens (tertiary/aromatic N) is 4. The minimum absolute atomic E-state index is 0.0874. The van der Waals surface area contributed by atoms with E-state index in [0.29, 0.717) is 24.5 Å². The van der Waals surface area contributed by atoms with Crippen LogP contribution in [0.15, 0.2) is 18.3 Å². The number of rotatable bonds is 4. The van der Waals surface area contributed by atoms with Gasteiger partial charge in [0.25, 0.3) is 0 Å². The lowest BCUT2D eigenvalue weighted by atomic mass is 9.86. The molecule has 0 saturated carbocycles. The van der Waals surface area contributed by atoms with Gasteiger partial charge in [-0.2, -0.15) is 0 Å². The molecule has 1 N–H and O–H groups in total. The molecule has 2 aliphatic heterocycles. The normalized spacial score (nSPS) is 20.0. The van der Waals surface area contributed by atoms with Crippen molar-refractivity contribution in [1.82, 2.24) is 19.9 Å². The number of nitrogens with one attached hydrogen (secondary N) is 1. The highest BCUT2D eigenvalue weighted by Gasteiger charge is 2.43. The van der Waals surface area contributed by atoms with Crippen molar-refractivity contribution in [3.05, 3.63) is 51.5 Å². The lowest BCUT2D eigenvalue weighted by Crippen LogP contribution is -2.46. The van der Waals surface area contributed by atoms with Crippen molar-refractivity contribution in [1.29, 1.82) is 0 Å². The molecule has 1 amide bonds. The predicted octanol–water partition coefficient (Wildman–Crippen LogP) is 4.81. The van der Waals surface area contributed by atoms with E-state index in [1.54, 1.807) is 18.3 Å². The number of pyridine rings is 2. The average Bonchev–Trinajstić information content (AvgIpc) is 3.40. The van der Waals surface area contributed by atoms with Crippen molar-refractivity contribution in [3.63, 3.8) is 0 Å². The highest BCUT2D eigenvalue weighted by molar-refractivity contribution is 7.15. The molecule has 0 unspecified atom stereocenters. The molecule has 5 rings (SSSR count). The van der Waals surface area contributed by atoms with Gasteiger partial charge in [0.05, 0.1) is 30.5 Å². The number of likely N-dealkylation sites (tertiary alicyclic amines) is 1. The van der Waals surface area contributed by atoms with E-state index < -0.39 is 11.7 Å². The van der Waals surface area contributed by atoms with Gasteiger partial charge in [0.1, 0.15) is 16.6 Å². The summed E-state index contributed by atoms with van der Waals surface area (Å²) in [5.74, 6) is -0.00352. The topological polar surface area (TPSA) is 80.2 Å². The van der Waals surface area contributed by atoms with E-state index in [1.165, 1.54) is 23.6 Å². The van der Waals surface area contributed by atoms with Crippen molar-refractivity contribution < 1.29 is 13.9 Å². The van der Waals surface area contributed by atoms with Gasteiger partial charge < -0.3 is 15.0 Å². The SMILES string of the molecule is COc1cc([C@@H](C)C(=O)N2CC[C@@]3(CCc4cc(-c5nc(C)c(C)s5)c(C)nc4N3)C2)c(F)cn1. The number of hydrogen-bond acceptors (Lipinski definition) is 7. The maximum Gasteiger partial charge on any atom is 0.230 e. The number of aromatic nitrogens is 3. The van der Waals surface area contributed by atoms with Gasteiger partial charge in [-0.3, -0.25) is 4.79 Å². The lowest BCUT2D eigenvalue weighted by Gasteiger charge is -2.36. The summed E-state index contributed by atoms with van der Waals surface area (Å²) in [5, 5.41) is 4.69. The Morgan fingerprint density at radius 3 is 2.74 bits per heavy atom. The zero-order valence-electron chi connectivity index (χ0n) is 20.7. The monoisotopic (exact) mass is 495 g/mol. The molecule has 1 fully saturated rings. The summed E-state index contributed by atoms with van der Waals surface area (Å²) in [6, 6.07) is 3.73. The van der Waals surface area contributed by atoms with E-state index in [4.69, 9.17) is 14.7 Å². The Morgan fingerprint density at radius 2 is 2.03 bits per heavy atom. The van der Waals surface area contributed by atoms with Crippen molar-refractivity contribution in [2.45, 2.75) is 58.4 Å². The van der Waals surface area contributed by atoms with Crippen molar-refractivity contribution in [2.24, 2.45) is 0 Å². The smallest absolute Gasteiger partial charge is 0.230 e. The fourth-order valence-corrected chi connectivity index (χ4v) is 6.07. The average molecular weight is 496 g/mol. The van der Waals surface area contributed by atoms with Crippen LogP contribution >= 0.6 is 11.3 Å². The fraction of sp³-hybridized carbons (Fsp3) is 0.462. The number of amides is 1. The van der Waals surface area contributed by atoms with Crippen LogP contribution in [0.3, 0.4) is 0 Å². The number of fused-ring (bicyclic) bond motifs is 1. The Balaban J connectivity index is 1.33. The van der Waals surface area contributed by atoms with E-state index >= 15 is 0 Å². The molecule has 0 aliphatic carbocycles. The van der Waals surface area contributed by atoms with Crippen LogP contribution in [0, 0.1) is 26.6 Å². The maximum atomic E-state index is 14.4. The first-order chi connectivity index (χ1) is 16.7. The molecule has 3 aromatic rings. The number of aryl methyl sites for hydroxylation is 4. The van der Waals surface area contributed by atoms with Crippen LogP contribution in [0.25, 0.3) is 10.6 Å². The van der Waals surface area contributed by atoms with Crippen LogP contribution in [-0.2, 0) is 11.2 Å². The summed E-state index contributed by atoms with van der Waals surface area (Å²) >= 11 is 1.70. The van der Waals surface area contributed by atoms with Gasteiger partial charge in [0.15, 0.2) is 0 Å². The number of methoxy groups -OCH3 is 1. The van der Waals surface area contributed by atoms with Gasteiger partial charge in [0.2, 0.25) is 11.8 Å². The van der Waals surface area contributed by atoms with Gasteiger partial charge >= 0.3 is 0 Å². The van der Waals surface area contributed by atoms with E-state index in [0.717, 1.165) is 53.2 Å². The van der Waals surface area contributed by atoms with Gasteiger partial charge in [-0.05, 0) is 58.6 Å². The van der Waals surface area contributed by atoms with Crippen LogP contribution in [0.4, 0.5) is 10.2 Å². The second-order valence-electron chi connectivity index (χ2n) is 9.67. The summed E-state index contributed by atoms with van der Waals surface area (Å²) in [5.41, 5.74) is 4.38. The summed E-state index contributed by atoms with van der Waals surface area (Å²) < 4.78 is 19.5. The van der Waals surface area contributed by atoms with Crippen LogP contribution in [0.1, 0.15) is 53.1 Å². The van der Waals surface area contributed by atoms with Gasteiger partial charge in [-0.25, -0.2) is 19.3 Å². The third kappa shape index (κ3) is 4.26. The highest BCUT2D eigenvalue weighted by Crippen LogP contribution is 2.40. The maximum absolute atomic E-state index is 14.4. The summed E-state index contributed by atoms with van der Waals surface area (Å²) in [6.45, 7) is 9.10. The van der Waals surface area contributed by atoms with E-state index in [9.17, 15) is 9.18 Å². The van der Waals surface area contributed by atoms with Crippen molar-refractivity contribution in [2.75, 3.05) is 25.5 Å². The van der Waals surface area contributed by atoms with E-state index in [2.05, 4.69) is 23.3 Å². The van der Waals surface area contributed by atoms with Gasteiger partial charge in [-0.1, -0.05) is 0 Å². The van der Waals surface area contributed by atoms with E-state index in [1.807, 2.05) is 18.7 Å². The molecule has 1 spiro atoms. The quantitative estimate of drug-likeness (QED) is 0.560. The number of carbonyl (C=O) groups is 1. The van der Waals surface area contributed by atoms with Crippen LogP contribution in [0.2, 0.25) is 0 Å². The minimum Gasteiger partial charge on any atom is -0.481 e. The molecule has 3 aromatic heterocycles. The third-order valence-electron chi connectivity index (χ3n) is 7.38. The Labute approximate surface area is 208 Å². The standard InChI is InChI=1S/C26H30FN5O2S/c1-14(19-11-22(34-5)28-12-21(19)27)25(33)32-9-8-26(13-32)7-6-18-10-20(16(3)29-23(18)31-26)24-30-15(2)17(4)35-24/h10-12,14H,6-9,13H2,1-5H3,(H,29,31)/t14-,26+/m1/s1. The number of halogens is 1. The molecule has 35 heavy (non-hydrogen) atoms. The van der Waals surface area contributed by atoms with Gasteiger partial charge in [-0.15, -0.1) is 11.3 Å². The van der Waals surface area contributed by atoms with Gasteiger partial charge in [0, 0.05) is 40.9 Å². The van der Waals surface area contributed by atoms with Crippen LogP contribution in [-0.4, -0.2) is 51.5 Å². The highest BCUT2D eigenvalue weighted by atomic mass is 32.1. The fourth-order valence-electron chi connectivity index (χ4n) is 5.09. The molecule has 2 aliphatic rings. The molecule has 9 heteroatoms. The Bertz CT molecular complexity index is 1290. The molecule has 0 radical (unpaired) electrons. The first-order valence-electron chi connectivity index (χ1n) is 11.9. The lowest BCUT2D eigenvalue weighted by molar-refractivity contribution is -0.131. The minimum atomic E-state index is -0.619. The largest absolute Gasteiger partial charge is 0.481 e. The molecule has 5 heterocycles. The predicted molar refractivity (Wildman–Crippen MR) is 135 cm³/mol. The number of thiazole rings is 1. The van der Waals surface area contributed by atoms with Crippen molar-refractivity contribution in [3.8, 4) is 16.5 Å². The molecular weight excluding hydrogens is 465 g/mol. The molecule has 2 atom stereocenters. The number of hydrogen-bond donors (Lipinski definition) is 1. The molecule has 0 bridgehead atoms. The molecule has 7 nitrogen and oxygen atoms in total. The number of carbonyl (C=O) groups excluding carboxylic acids is 1. The number of anilines is 1. The van der Waals surface area contributed by atoms with Crippen LogP contribution in [0.5, 0.6) is 5.88 Å². The first-order valence-corrected chi connectivity index (χ1v) is 12.7. The second-order valence-corrected chi connectivity index (χ2v) is 10.9. The third-order valence-corrected chi connectivity index (χ3v) is 8.48. The Morgan fingerprint density at radius 1 is 1.23 bits per heavy atom. The molecule has 1 saturated heterocycles. The van der Waals surface area contributed by atoms with Crippen molar-refractivity contribution >= 4 is 23.1 Å². The molecule has 184 valence electrons. The first kappa shape index (κ1) is 23.7. The Hall–Kier alpha value is -3.07. The molecular formula is C26H30FN5O2S. The zero-order valence-corrected chi connectivity index (χ0v) is 21.6. The summed E-state index contributed by atoms with van der Waals surface area (Å²) in [4.78, 5) is 29.9. The van der Waals surface area contributed by atoms with E-state index in [-0.39, 0.29) is 11.4 Å². The van der Waals surface area contributed by atoms with Crippen LogP contribution < -0.4 is 10.1 Å².